The summed E-state index contributed by atoms with van der Waals surface area (Å²) in [4.78, 5) is 23.4. The standard InChI is InChI=1S/C17H12F3NO2/c18-17(19,20)13-6-8-14(9-7-13)21-16(23)11-10-15(22)12-4-2-1-3-5-12/h1-11H,(H,21,23). The van der Waals surface area contributed by atoms with Crippen molar-refractivity contribution in [3.8, 4) is 0 Å². The summed E-state index contributed by atoms with van der Waals surface area (Å²) in [5, 5.41) is 2.38. The van der Waals surface area contributed by atoms with Crippen molar-refractivity contribution in [3.63, 3.8) is 0 Å². The first-order valence-corrected chi connectivity index (χ1v) is 6.62. The maximum absolute atomic E-state index is 12.4. The zero-order valence-corrected chi connectivity index (χ0v) is 11.8. The smallest absolute Gasteiger partial charge is 0.323 e. The highest BCUT2D eigenvalue weighted by molar-refractivity contribution is 6.09. The van der Waals surface area contributed by atoms with Crippen LogP contribution in [-0.4, -0.2) is 11.7 Å². The van der Waals surface area contributed by atoms with Crippen LogP contribution in [0.5, 0.6) is 0 Å². The van der Waals surface area contributed by atoms with Crippen molar-refractivity contribution in [2.45, 2.75) is 6.18 Å². The number of allylic oxidation sites excluding steroid dienone is 1. The van der Waals surface area contributed by atoms with Gasteiger partial charge in [-0.15, -0.1) is 0 Å². The van der Waals surface area contributed by atoms with Gasteiger partial charge in [-0.05, 0) is 30.3 Å². The predicted molar refractivity (Wildman–Crippen MR) is 80.0 cm³/mol. The molecule has 0 aliphatic carbocycles. The molecule has 1 amide bonds. The summed E-state index contributed by atoms with van der Waals surface area (Å²) < 4.78 is 37.3. The monoisotopic (exact) mass is 319 g/mol. The Labute approximate surface area is 130 Å². The van der Waals surface area contributed by atoms with Gasteiger partial charge in [0.15, 0.2) is 5.78 Å². The fraction of sp³-hybridized carbons (Fsp3) is 0.0588. The first-order chi connectivity index (χ1) is 10.9. The van der Waals surface area contributed by atoms with Gasteiger partial charge in [0.05, 0.1) is 5.56 Å². The van der Waals surface area contributed by atoms with Gasteiger partial charge in [0.1, 0.15) is 0 Å². The maximum atomic E-state index is 12.4. The molecule has 0 radical (unpaired) electrons. The van der Waals surface area contributed by atoms with Crippen LogP contribution in [0.15, 0.2) is 66.7 Å². The highest BCUT2D eigenvalue weighted by Gasteiger charge is 2.29. The van der Waals surface area contributed by atoms with Crippen LogP contribution in [0.2, 0.25) is 0 Å². The molecular formula is C17H12F3NO2. The molecule has 1 N–H and O–H groups in total. The Hall–Kier alpha value is -2.89. The summed E-state index contributed by atoms with van der Waals surface area (Å²) in [6, 6.07) is 12.4. The lowest BCUT2D eigenvalue weighted by Crippen LogP contribution is -2.10. The minimum atomic E-state index is -4.43. The zero-order chi connectivity index (χ0) is 16.9. The van der Waals surface area contributed by atoms with Crippen LogP contribution in [0.25, 0.3) is 0 Å². The third-order valence-corrected chi connectivity index (χ3v) is 2.92. The zero-order valence-electron chi connectivity index (χ0n) is 11.8. The van der Waals surface area contributed by atoms with E-state index in [4.69, 9.17) is 0 Å². The van der Waals surface area contributed by atoms with Gasteiger partial charge < -0.3 is 5.32 Å². The molecule has 0 saturated carbocycles. The van der Waals surface area contributed by atoms with Crippen LogP contribution in [0.1, 0.15) is 15.9 Å². The maximum Gasteiger partial charge on any atom is 0.416 e. The number of amides is 1. The van der Waals surface area contributed by atoms with Gasteiger partial charge in [-0.25, -0.2) is 0 Å². The average molecular weight is 319 g/mol. The van der Waals surface area contributed by atoms with E-state index in [1.54, 1.807) is 30.3 Å². The van der Waals surface area contributed by atoms with Crippen molar-refractivity contribution in [1.29, 1.82) is 0 Å². The second kappa shape index (κ2) is 6.91. The van der Waals surface area contributed by atoms with Gasteiger partial charge >= 0.3 is 6.18 Å². The molecule has 3 nitrogen and oxygen atoms in total. The van der Waals surface area contributed by atoms with Crippen LogP contribution in [0.4, 0.5) is 18.9 Å². The SMILES string of the molecule is O=C(C=CC(=O)c1ccccc1)Nc1ccc(C(F)(F)F)cc1. The van der Waals surface area contributed by atoms with Crippen LogP contribution in [0, 0.1) is 0 Å². The van der Waals surface area contributed by atoms with Crippen LogP contribution in [0.3, 0.4) is 0 Å². The summed E-state index contributed by atoms with van der Waals surface area (Å²) >= 11 is 0. The molecule has 0 heterocycles. The lowest BCUT2D eigenvalue weighted by Gasteiger charge is -2.07. The van der Waals surface area contributed by atoms with E-state index in [0.29, 0.717) is 5.56 Å². The Morgan fingerprint density at radius 3 is 2.04 bits per heavy atom. The second-order valence-electron chi connectivity index (χ2n) is 4.63. The second-order valence-corrected chi connectivity index (χ2v) is 4.63. The molecule has 0 aromatic heterocycles. The third kappa shape index (κ3) is 4.81. The van der Waals surface area contributed by atoms with E-state index < -0.39 is 17.6 Å². The number of hydrogen-bond donors (Lipinski definition) is 1. The lowest BCUT2D eigenvalue weighted by molar-refractivity contribution is -0.137. The molecule has 118 valence electrons. The van der Waals surface area contributed by atoms with Crippen molar-refractivity contribution >= 4 is 17.4 Å². The Balaban J connectivity index is 1.97. The number of ketones is 1. The fourth-order valence-corrected chi connectivity index (χ4v) is 1.78. The molecule has 0 atom stereocenters. The van der Waals surface area contributed by atoms with E-state index in [0.717, 1.165) is 36.4 Å². The van der Waals surface area contributed by atoms with E-state index in [9.17, 15) is 22.8 Å². The highest BCUT2D eigenvalue weighted by atomic mass is 19.4. The Kier molecular flexibility index (Phi) is 4.95. The Morgan fingerprint density at radius 1 is 0.870 bits per heavy atom. The summed E-state index contributed by atoms with van der Waals surface area (Å²) in [5.41, 5.74) is -0.156. The minimum absolute atomic E-state index is 0.208. The quantitative estimate of drug-likeness (QED) is 0.682. The van der Waals surface area contributed by atoms with E-state index in [1.807, 2.05) is 0 Å². The first-order valence-electron chi connectivity index (χ1n) is 6.62. The summed E-state index contributed by atoms with van der Waals surface area (Å²) in [5.74, 6) is -0.942. The molecule has 23 heavy (non-hydrogen) atoms. The largest absolute Gasteiger partial charge is 0.416 e. The molecule has 0 spiro atoms. The fourth-order valence-electron chi connectivity index (χ4n) is 1.78. The minimum Gasteiger partial charge on any atom is -0.323 e. The molecule has 6 heteroatoms. The Morgan fingerprint density at radius 2 is 1.48 bits per heavy atom. The van der Waals surface area contributed by atoms with E-state index in [1.165, 1.54) is 0 Å². The number of nitrogens with one attached hydrogen (secondary N) is 1. The van der Waals surface area contributed by atoms with Crippen LogP contribution >= 0.6 is 0 Å². The summed E-state index contributed by atoms with van der Waals surface area (Å²) in [7, 11) is 0. The van der Waals surface area contributed by atoms with Gasteiger partial charge in [0.25, 0.3) is 0 Å². The first kappa shape index (κ1) is 16.5. The number of benzene rings is 2. The van der Waals surface area contributed by atoms with Crippen molar-refractivity contribution in [2.75, 3.05) is 5.32 Å². The highest BCUT2D eigenvalue weighted by Crippen LogP contribution is 2.29. The molecule has 2 rings (SSSR count). The van der Waals surface area contributed by atoms with E-state index in [2.05, 4.69) is 5.32 Å². The number of carbonyl (C=O) groups excluding carboxylic acids is 2. The van der Waals surface area contributed by atoms with Gasteiger partial charge in [0, 0.05) is 17.3 Å². The molecular weight excluding hydrogens is 307 g/mol. The molecule has 0 unspecified atom stereocenters. The van der Waals surface area contributed by atoms with Gasteiger partial charge in [-0.3, -0.25) is 9.59 Å². The molecule has 0 bridgehead atoms. The molecule has 0 aliphatic heterocycles. The van der Waals surface area contributed by atoms with Crippen molar-refractivity contribution in [1.82, 2.24) is 0 Å². The molecule has 0 aliphatic rings. The number of rotatable bonds is 4. The summed E-state index contributed by atoms with van der Waals surface area (Å²) in [6.45, 7) is 0. The summed E-state index contributed by atoms with van der Waals surface area (Å²) in [6.07, 6.45) is -2.29. The van der Waals surface area contributed by atoms with Crippen LogP contribution < -0.4 is 5.32 Å². The average Bonchev–Trinajstić information content (AvgIpc) is 2.53. The van der Waals surface area contributed by atoms with Crippen molar-refractivity contribution < 1.29 is 22.8 Å². The van der Waals surface area contributed by atoms with Crippen molar-refractivity contribution in [2.24, 2.45) is 0 Å². The number of alkyl halides is 3. The van der Waals surface area contributed by atoms with Gasteiger partial charge in [-0.1, -0.05) is 30.3 Å². The Bertz CT molecular complexity index is 720. The molecule has 2 aromatic carbocycles. The van der Waals surface area contributed by atoms with Crippen molar-refractivity contribution in [3.05, 3.63) is 77.9 Å². The predicted octanol–water partition coefficient (Wildman–Crippen LogP) is 4.08. The van der Waals surface area contributed by atoms with E-state index >= 15 is 0 Å². The number of carbonyl (C=O) groups is 2. The van der Waals surface area contributed by atoms with Crippen LogP contribution in [-0.2, 0) is 11.0 Å². The van der Waals surface area contributed by atoms with E-state index in [-0.39, 0.29) is 11.5 Å². The topological polar surface area (TPSA) is 46.2 Å². The molecule has 2 aromatic rings. The number of hydrogen-bond acceptors (Lipinski definition) is 2. The molecule has 0 saturated heterocycles. The normalized spacial score (nSPS) is 11.4. The number of anilines is 1. The molecule has 0 fully saturated rings. The third-order valence-electron chi connectivity index (χ3n) is 2.92. The number of halogens is 3. The lowest BCUT2D eigenvalue weighted by atomic mass is 10.1. The van der Waals surface area contributed by atoms with Gasteiger partial charge in [0.2, 0.25) is 5.91 Å². The van der Waals surface area contributed by atoms with Gasteiger partial charge in [-0.2, -0.15) is 13.2 Å².